The van der Waals surface area contributed by atoms with E-state index in [1.807, 2.05) is 5.32 Å². The minimum atomic E-state index is -1.50. The summed E-state index contributed by atoms with van der Waals surface area (Å²) in [6.45, 7) is 0. The van der Waals surface area contributed by atoms with Crippen LogP contribution in [-0.4, -0.2) is 22.1 Å². The second-order valence-electron chi connectivity index (χ2n) is 8.61. The second kappa shape index (κ2) is 11.6. The van der Waals surface area contributed by atoms with Crippen molar-refractivity contribution in [2.75, 3.05) is 16.0 Å². The summed E-state index contributed by atoms with van der Waals surface area (Å²) in [6, 6.07) is 11.1. The summed E-state index contributed by atoms with van der Waals surface area (Å²) in [6.07, 6.45) is -0.641. The number of rotatable bonds is 7. The van der Waals surface area contributed by atoms with Crippen LogP contribution in [0.15, 0.2) is 48.5 Å². The van der Waals surface area contributed by atoms with Crippen molar-refractivity contribution in [1.82, 2.24) is 0 Å². The first kappa shape index (κ1) is 29.5. The van der Waals surface area contributed by atoms with Gasteiger partial charge in [-0.05, 0) is 48.0 Å². The summed E-state index contributed by atoms with van der Waals surface area (Å²) in [5.41, 5.74) is -0.944. The summed E-state index contributed by atoms with van der Waals surface area (Å²) in [7, 11) is 0. The zero-order valence-electron chi connectivity index (χ0n) is 19.8. The standard InChI is InChI=1S/C26H15Cl4F3N4O3/c27-14-3-2-12(35-25(40)21-20(26(21,29)30)11-1-4-16(31)15(28)9-11)10-13(14)24(39)36-18-6-5-17(32)23(22(18)33)37-19(38)7-8-34/h1-6,9-10,20-21H,7H2,(H,35,40)(H,36,39)(H,37,38)/t20-,21+/m0/s1. The van der Waals surface area contributed by atoms with Gasteiger partial charge in [-0.3, -0.25) is 14.4 Å². The van der Waals surface area contributed by atoms with Crippen molar-refractivity contribution in [3.05, 3.63) is 87.2 Å². The van der Waals surface area contributed by atoms with Crippen LogP contribution in [-0.2, 0) is 9.59 Å². The fourth-order valence-corrected chi connectivity index (χ4v) is 5.20. The molecule has 0 saturated heterocycles. The van der Waals surface area contributed by atoms with Crippen LogP contribution in [0.3, 0.4) is 0 Å². The molecule has 0 radical (unpaired) electrons. The number of halogens is 7. The number of anilines is 3. The molecule has 3 amide bonds. The van der Waals surface area contributed by atoms with E-state index >= 15 is 0 Å². The van der Waals surface area contributed by atoms with Gasteiger partial charge in [-0.2, -0.15) is 5.26 Å². The van der Waals surface area contributed by atoms with Crippen LogP contribution in [0.2, 0.25) is 10.0 Å². The Kier molecular flexibility index (Phi) is 8.52. The summed E-state index contributed by atoms with van der Waals surface area (Å²) in [4.78, 5) is 37.5. The zero-order chi connectivity index (χ0) is 29.4. The molecule has 4 rings (SSSR count). The van der Waals surface area contributed by atoms with E-state index in [0.717, 1.165) is 18.2 Å². The van der Waals surface area contributed by atoms with Crippen LogP contribution in [0.25, 0.3) is 0 Å². The highest BCUT2D eigenvalue weighted by Gasteiger charge is 2.67. The van der Waals surface area contributed by atoms with E-state index in [4.69, 9.17) is 51.7 Å². The van der Waals surface area contributed by atoms with Gasteiger partial charge < -0.3 is 16.0 Å². The molecule has 2 atom stereocenters. The average Bonchev–Trinajstić information content (AvgIpc) is 3.48. The molecular formula is C26H15Cl4F3N4O3. The van der Waals surface area contributed by atoms with E-state index in [1.54, 1.807) is 6.07 Å². The van der Waals surface area contributed by atoms with E-state index in [-0.39, 0.29) is 21.3 Å². The largest absolute Gasteiger partial charge is 0.326 e. The van der Waals surface area contributed by atoms with Crippen LogP contribution in [0.1, 0.15) is 28.3 Å². The van der Waals surface area contributed by atoms with Gasteiger partial charge in [-0.1, -0.05) is 29.3 Å². The number of alkyl halides is 2. The molecule has 0 spiro atoms. The van der Waals surface area contributed by atoms with Crippen LogP contribution >= 0.6 is 46.4 Å². The summed E-state index contributed by atoms with van der Waals surface area (Å²) < 4.78 is 41.0. The van der Waals surface area contributed by atoms with Gasteiger partial charge in [0, 0.05) is 11.6 Å². The Morgan fingerprint density at radius 3 is 2.27 bits per heavy atom. The molecule has 1 aliphatic rings. The summed E-state index contributed by atoms with van der Waals surface area (Å²) in [5, 5.41) is 15.1. The molecule has 3 N–H and O–H groups in total. The first-order valence-electron chi connectivity index (χ1n) is 11.2. The number of benzene rings is 3. The molecule has 1 saturated carbocycles. The molecule has 7 nitrogen and oxygen atoms in total. The maximum Gasteiger partial charge on any atom is 0.257 e. The van der Waals surface area contributed by atoms with Crippen molar-refractivity contribution in [2.45, 2.75) is 16.7 Å². The van der Waals surface area contributed by atoms with Crippen molar-refractivity contribution in [3.8, 4) is 6.07 Å². The van der Waals surface area contributed by atoms with E-state index in [2.05, 4.69) is 10.6 Å². The molecule has 0 heterocycles. The molecule has 0 unspecified atom stereocenters. The van der Waals surface area contributed by atoms with Crippen LogP contribution in [0.4, 0.5) is 30.2 Å². The summed E-state index contributed by atoms with van der Waals surface area (Å²) in [5.74, 6) is -7.16. The Morgan fingerprint density at radius 1 is 0.900 bits per heavy atom. The SMILES string of the molecule is N#CCC(=O)Nc1c(F)ccc(NC(=O)c2cc(NC(=O)[C@H]3[C@H](c4ccc(F)c(Cl)c4)C3(Cl)Cl)ccc2Cl)c1F. The van der Waals surface area contributed by atoms with Crippen LogP contribution < -0.4 is 16.0 Å². The molecule has 3 aromatic carbocycles. The fourth-order valence-electron chi connectivity index (χ4n) is 3.98. The van der Waals surface area contributed by atoms with Gasteiger partial charge in [0.1, 0.15) is 28.1 Å². The molecule has 1 fully saturated rings. The maximum atomic E-state index is 14.9. The number of carbonyl (C=O) groups is 3. The highest BCUT2D eigenvalue weighted by molar-refractivity contribution is 6.53. The Balaban J connectivity index is 1.51. The van der Waals surface area contributed by atoms with Gasteiger partial charge in [0.2, 0.25) is 11.8 Å². The maximum absolute atomic E-state index is 14.9. The normalized spacial score (nSPS) is 16.9. The monoisotopic (exact) mass is 628 g/mol. The average molecular weight is 630 g/mol. The van der Waals surface area contributed by atoms with E-state index in [1.165, 1.54) is 30.3 Å². The third-order valence-corrected chi connectivity index (χ3v) is 7.52. The molecule has 1 aliphatic carbocycles. The minimum absolute atomic E-state index is 0.0603. The molecule has 206 valence electrons. The third kappa shape index (κ3) is 5.98. The van der Waals surface area contributed by atoms with Gasteiger partial charge in [0.25, 0.3) is 5.91 Å². The quantitative estimate of drug-likeness (QED) is 0.243. The Labute approximate surface area is 245 Å². The molecule has 0 aliphatic heterocycles. The fraction of sp³-hybridized carbons (Fsp3) is 0.154. The number of nitrogens with one attached hydrogen (secondary N) is 3. The van der Waals surface area contributed by atoms with E-state index in [9.17, 15) is 27.6 Å². The lowest BCUT2D eigenvalue weighted by atomic mass is 10.1. The number of hydrogen-bond donors (Lipinski definition) is 3. The first-order valence-corrected chi connectivity index (χ1v) is 12.8. The van der Waals surface area contributed by atoms with Gasteiger partial charge in [-0.15, -0.1) is 23.2 Å². The van der Waals surface area contributed by atoms with Crippen molar-refractivity contribution in [2.24, 2.45) is 5.92 Å². The van der Waals surface area contributed by atoms with Crippen molar-refractivity contribution < 1.29 is 27.6 Å². The first-order chi connectivity index (χ1) is 18.8. The lowest BCUT2D eigenvalue weighted by Crippen LogP contribution is -2.19. The lowest BCUT2D eigenvalue weighted by Gasteiger charge is -2.13. The predicted octanol–water partition coefficient (Wildman–Crippen LogP) is 7.04. The minimum Gasteiger partial charge on any atom is -0.326 e. The predicted molar refractivity (Wildman–Crippen MR) is 145 cm³/mol. The highest BCUT2D eigenvalue weighted by atomic mass is 35.5. The summed E-state index contributed by atoms with van der Waals surface area (Å²) >= 11 is 24.6. The van der Waals surface area contributed by atoms with Gasteiger partial charge in [-0.25, -0.2) is 13.2 Å². The number of nitriles is 1. The van der Waals surface area contributed by atoms with E-state index in [0.29, 0.717) is 5.56 Å². The van der Waals surface area contributed by atoms with Crippen molar-refractivity contribution in [3.63, 3.8) is 0 Å². The zero-order valence-corrected chi connectivity index (χ0v) is 22.8. The molecule has 0 aromatic heterocycles. The van der Waals surface area contributed by atoms with Gasteiger partial charge >= 0.3 is 0 Å². The Hall–Kier alpha value is -3.49. The van der Waals surface area contributed by atoms with Gasteiger partial charge in [0.05, 0.1) is 33.3 Å². The molecule has 3 aromatic rings. The van der Waals surface area contributed by atoms with Crippen molar-refractivity contribution in [1.29, 1.82) is 5.26 Å². The topological polar surface area (TPSA) is 111 Å². The van der Waals surface area contributed by atoms with Gasteiger partial charge in [0.15, 0.2) is 5.82 Å². The number of amides is 3. The number of nitrogens with zero attached hydrogens (tertiary/aromatic N) is 1. The second-order valence-corrected chi connectivity index (χ2v) is 10.9. The molecule has 14 heteroatoms. The van der Waals surface area contributed by atoms with Crippen LogP contribution in [0, 0.1) is 34.7 Å². The Morgan fingerprint density at radius 2 is 1.60 bits per heavy atom. The number of carbonyl (C=O) groups excluding carboxylic acids is 3. The molecule has 40 heavy (non-hydrogen) atoms. The Bertz CT molecular complexity index is 1600. The highest BCUT2D eigenvalue weighted by Crippen LogP contribution is 2.65. The third-order valence-electron chi connectivity index (χ3n) is 5.96. The molecule has 0 bridgehead atoms. The van der Waals surface area contributed by atoms with E-state index < -0.39 is 69.1 Å². The van der Waals surface area contributed by atoms with Crippen LogP contribution in [0.5, 0.6) is 0 Å². The number of hydrogen-bond acceptors (Lipinski definition) is 4. The smallest absolute Gasteiger partial charge is 0.257 e. The lowest BCUT2D eigenvalue weighted by molar-refractivity contribution is -0.117. The van der Waals surface area contributed by atoms with Crippen molar-refractivity contribution >= 4 is 81.2 Å². The molecular weight excluding hydrogens is 615 g/mol.